The Balaban J connectivity index is 1.06. The van der Waals surface area contributed by atoms with Crippen molar-refractivity contribution in [1.29, 1.82) is 0 Å². The molecule has 0 amide bonds. The van der Waals surface area contributed by atoms with Crippen LogP contribution in [-0.4, -0.2) is 82.4 Å². The van der Waals surface area contributed by atoms with Crippen LogP contribution in [0.2, 0.25) is 0 Å². The van der Waals surface area contributed by atoms with Gasteiger partial charge >= 0.3 is 5.97 Å². The number of dihydropyridines is 1. The van der Waals surface area contributed by atoms with Crippen LogP contribution >= 0.6 is 21.6 Å². The largest absolute Gasteiger partial charge is 0.508 e. The minimum absolute atomic E-state index is 0.0405. The fraction of sp³-hybridized carbons (Fsp3) is 0.533. The summed E-state index contributed by atoms with van der Waals surface area (Å²) in [5.41, 5.74) is 15.9. The number of ketones is 1. The molecule has 13 nitrogen and oxygen atoms in total. The molecular weight excluding hydrogens is 985 g/mol. The number of phenolic OH excluding ortho intramolecular Hbond substituents is 2. The van der Waals surface area contributed by atoms with Crippen molar-refractivity contribution >= 4 is 39.4 Å². The number of benzene rings is 3. The number of aliphatic hydroxyl groups is 1. The van der Waals surface area contributed by atoms with Crippen LogP contribution in [0.3, 0.4) is 0 Å². The van der Waals surface area contributed by atoms with Gasteiger partial charge in [-0.05, 0) is 129 Å². The van der Waals surface area contributed by atoms with Crippen molar-refractivity contribution in [3.05, 3.63) is 92.7 Å². The number of hydrogen-bond acceptors (Lipinski definition) is 15. The number of piperidine rings is 1. The first-order valence-electron chi connectivity index (χ1n) is 27.5. The van der Waals surface area contributed by atoms with Gasteiger partial charge in [-0.2, -0.15) is 0 Å². The molecule has 6 bridgehead atoms. The second-order valence-electron chi connectivity index (χ2n) is 23.1. The number of aromatic hydroxyl groups is 2. The summed E-state index contributed by atoms with van der Waals surface area (Å²) < 4.78 is 27.3. The number of hydrogen-bond donors (Lipinski definition) is 7. The van der Waals surface area contributed by atoms with Crippen molar-refractivity contribution in [1.82, 2.24) is 16.0 Å². The van der Waals surface area contributed by atoms with Crippen LogP contribution < -0.4 is 35.9 Å². The van der Waals surface area contributed by atoms with Gasteiger partial charge in [0.05, 0.1) is 23.8 Å². The number of Topliss-reactive ketones (excluding diaryl/α,β-unsaturated/α-hetero) is 1. The first-order chi connectivity index (χ1) is 36.5. The van der Waals surface area contributed by atoms with Gasteiger partial charge in [0.15, 0.2) is 18.3 Å². The summed E-state index contributed by atoms with van der Waals surface area (Å²) >= 11 is 0. The molecule has 8 N–H and O–H groups in total. The van der Waals surface area contributed by atoms with E-state index in [1.54, 1.807) is 6.07 Å². The van der Waals surface area contributed by atoms with Gasteiger partial charge in [-0.25, -0.2) is 0 Å². The van der Waals surface area contributed by atoms with Crippen LogP contribution in [0.5, 0.6) is 28.7 Å². The Hall–Kier alpha value is -5.08. The van der Waals surface area contributed by atoms with E-state index in [0.717, 1.165) is 124 Å². The minimum atomic E-state index is -0.727. The van der Waals surface area contributed by atoms with E-state index in [1.165, 1.54) is 19.8 Å². The van der Waals surface area contributed by atoms with Crippen molar-refractivity contribution in [2.24, 2.45) is 23.5 Å². The lowest BCUT2D eigenvalue weighted by Crippen LogP contribution is -2.49. The van der Waals surface area contributed by atoms with E-state index in [1.807, 2.05) is 33.7 Å². The average molecular weight is 1050 g/mol. The highest BCUT2D eigenvalue weighted by Gasteiger charge is 2.52. The van der Waals surface area contributed by atoms with Crippen LogP contribution in [0.25, 0.3) is 17.2 Å². The normalized spacial score (nSPS) is 33.1. The molecule has 3 saturated carbocycles. The minimum Gasteiger partial charge on any atom is -0.508 e. The summed E-state index contributed by atoms with van der Waals surface area (Å²) in [6, 6.07) is 7.68. The highest BCUT2D eigenvalue weighted by Crippen LogP contribution is 2.64. The summed E-state index contributed by atoms with van der Waals surface area (Å²) in [6.07, 6.45) is 19.4. The Morgan fingerprint density at radius 3 is 2.75 bits per heavy atom. The molecule has 0 radical (unpaired) electrons. The van der Waals surface area contributed by atoms with Crippen molar-refractivity contribution < 1.29 is 43.9 Å². The maximum Gasteiger partial charge on any atom is 0.302 e. The first kappa shape index (κ1) is 49.5. The zero-order chi connectivity index (χ0) is 51.1. The maximum absolute atomic E-state index is 13.4. The van der Waals surface area contributed by atoms with E-state index in [2.05, 4.69) is 58.2 Å². The van der Waals surface area contributed by atoms with Gasteiger partial charge in [-0.3, -0.25) is 9.59 Å². The van der Waals surface area contributed by atoms with Crippen LogP contribution in [0.4, 0.5) is 0 Å². The zero-order valence-corrected chi connectivity index (χ0v) is 44.2. The Bertz CT molecular complexity index is 3000. The summed E-state index contributed by atoms with van der Waals surface area (Å²) in [6.45, 7) is 0.926. The van der Waals surface area contributed by atoms with E-state index in [0.29, 0.717) is 60.7 Å². The van der Waals surface area contributed by atoms with Gasteiger partial charge in [0.1, 0.15) is 41.8 Å². The van der Waals surface area contributed by atoms with Gasteiger partial charge in [-0.1, -0.05) is 64.3 Å². The zero-order valence-electron chi connectivity index (χ0n) is 42.6. The number of fused-ring (bicyclic) bond motifs is 12. The molecule has 2 saturated heterocycles. The molecule has 13 rings (SSSR count). The monoisotopic (exact) mass is 1050 g/mol. The molecule has 10 aliphatic rings. The molecule has 3 aromatic rings. The molecule has 5 fully saturated rings. The summed E-state index contributed by atoms with van der Waals surface area (Å²) in [5, 5.41) is 46.3. The number of allylic oxidation sites excluding steroid dienone is 3. The van der Waals surface area contributed by atoms with E-state index >= 15 is 0 Å². The topological polar surface area (TPSA) is 194 Å². The third kappa shape index (κ3) is 9.03. The molecule has 0 aromatic heterocycles. The van der Waals surface area contributed by atoms with Gasteiger partial charge in [0, 0.05) is 101 Å². The smallest absolute Gasteiger partial charge is 0.302 e. The number of phenols is 2. The summed E-state index contributed by atoms with van der Waals surface area (Å²) in [4.78, 5) is 25.9. The van der Waals surface area contributed by atoms with Gasteiger partial charge in [0.2, 0.25) is 0 Å². The molecule has 75 heavy (non-hydrogen) atoms. The lowest BCUT2D eigenvalue weighted by Gasteiger charge is -2.41. The first-order valence-corrected chi connectivity index (χ1v) is 30.0. The number of ether oxygens (including phenoxy) is 4. The van der Waals surface area contributed by atoms with Gasteiger partial charge < -0.3 is 56.0 Å². The molecule has 3 aromatic carbocycles. The number of nitrogens with one attached hydrogen (secondary N) is 3. The third-order valence-electron chi connectivity index (χ3n) is 18.5. The average Bonchev–Trinajstić information content (AvgIpc) is 4.13. The number of aliphatic hydroxyl groups excluding tert-OH is 1. The highest BCUT2D eigenvalue weighted by atomic mass is 33.1. The Kier molecular flexibility index (Phi) is 13.2. The van der Waals surface area contributed by atoms with Crippen LogP contribution in [0.15, 0.2) is 53.8 Å². The Labute approximate surface area is 447 Å². The molecule has 4 aliphatic carbocycles. The number of rotatable bonds is 5. The molecule has 6 aliphatic heterocycles. The molecule has 6 heterocycles. The number of carbonyl (C=O) groups excluding carboxylic acids is 2. The van der Waals surface area contributed by atoms with Crippen LogP contribution in [0.1, 0.15) is 147 Å². The number of carbonyl (C=O) groups is 2. The third-order valence-corrected chi connectivity index (χ3v) is 21.1. The molecule has 1 unspecified atom stereocenters. The van der Waals surface area contributed by atoms with E-state index < -0.39 is 36.4 Å². The SMILES string of the molecule is CC(=O)OC[C@H]1c2ccc3c4c2O[C@@H]1c1c2c(c(O)c([C@H]5CC[C@H]6CC(=O)CC[C@H]6N5)c1CC#CC1=C(C=CC(N)N1)C[C@H]1CC[C@]4(Cc4cc(O)cc(OCO)c4-3)C1)O[C@@H]1CSSC[C@@H]3CCC[C@@H](C3)N[C@H]1C=C2. The maximum atomic E-state index is 13.4. The van der Waals surface area contributed by atoms with Crippen molar-refractivity contribution in [3.8, 4) is 51.7 Å². The van der Waals surface area contributed by atoms with E-state index in [-0.39, 0.29) is 60.6 Å². The molecule has 15 heteroatoms. The van der Waals surface area contributed by atoms with Crippen molar-refractivity contribution in [2.45, 2.75) is 157 Å². The lowest BCUT2D eigenvalue weighted by atomic mass is 9.65. The van der Waals surface area contributed by atoms with Gasteiger partial charge in [0.25, 0.3) is 0 Å². The standard InChI is InChI=1S/C60H68N4O9S2/c1-31(66)70-27-44-40-11-12-42-52-36(23-39(68)24-49(52)71-30-65)26-60-19-18-32(25-60)20-34-9-17-51(61)64-45(34)7-3-6-41-53(57(44)73-58(40)55(42)60)43-13-16-47-50(29-75-74-28-33-4-2-5-37(21-33)62-47)72-59(43)56(69)54(41)48-14-8-35-22-38(67)10-15-46(35)63-48/h9,11-13,16-17,23-24,32-33,35,37,44,46-48,50-51,57,62-65,68-69H,2,4-6,8,10,14-15,18-22,25-30,61H2,1H3/t32-,33-,35+,37+,44+,46-,47+,48-,50-,51?,57+,60-/m1/s1. The quantitative estimate of drug-likeness (QED) is 0.0554. The fourth-order valence-electron chi connectivity index (χ4n) is 15.3. The van der Waals surface area contributed by atoms with Crippen LogP contribution in [0, 0.1) is 29.6 Å². The molecular formula is C60H68N4O9S2. The highest BCUT2D eigenvalue weighted by molar-refractivity contribution is 8.76. The number of esters is 1. The molecule has 12 atom stereocenters. The predicted molar refractivity (Wildman–Crippen MR) is 290 cm³/mol. The summed E-state index contributed by atoms with van der Waals surface area (Å²) in [5.74, 6) is 11.4. The van der Waals surface area contributed by atoms with Crippen LogP contribution in [-0.2, 0) is 32.6 Å². The predicted octanol–water partition coefficient (Wildman–Crippen LogP) is 8.96. The Morgan fingerprint density at radius 1 is 0.973 bits per heavy atom. The second kappa shape index (κ2) is 20.1. The molecule has 394 valence electrons. The molecule has 1 spiro atoms. The van der Waals surface area contributed by atoms with Gasteiger partial charge in [-0.15, -0.1) is 0 Å². The Morgan fingerprint density at radius 2 is 1.87 bits per heavy atom. The lowest BCUT2D eigenvalue weighted by molar-refractivity contribution is -0.142. The van der Waals surface area contributed by atoms with E-state index in [9.17, 15) is 24.9 Å². The fourth-order valence-corrected chi connectivity index (χ4v) is 17.9. The van der Waals surface area contributed by atoms with Crippen molar-refractivity contribution in [2.75, 3.05) is 24.9 Å². The number of nitrogens with two attached hydrogens (primary N) is 1. The van der Waals surface area contributed by atoms with E-state index in [4.69, 9.17) is 24.7 Å². The second-order valence-corrected chi connectivity index (χ2v) is 25.7. The summed E-state index contributed by atoms with van der Waals surface area (Å²) in [7, 11) is 3.78. The van der Waals surface area contributed by atoms with Crippen molar-refractivity contribution in [3.63, 3.8) is 0 Å².